The number of rotatable bonds is 5. The number of amides is 2. The van der Waals surface area contributed by atoms with Gasteiger partial charge in [0.05, 0.1) is 30.1 Å². The van der Waals surface area contributed by atoms with E-state index in [0.29, 0.717) is 19.6 Å². The fourth-order valence-electron chi connectivity index (χ4n) is 8.00. The van der Waals surface area contributed by atoms with Gasteiger partial charge in [-0.1, -0.05) is 44.2 Å². The van der Waals surface area contributed by atoms with Crippen LogP contribution in [0.25, 0.3) is 33.3 Å². The van der Waals surface area contributed by atoms with Crippen LogP contribution >= 0.6 is 0 Å². The first kappa shape index (κ1) is 38.0. The van der Waals surface area contributed by atoms with Crippen LogP contribution in [0.2, 0.25) is 0 Å². The van der Waals surface area contributed by atoms with Crippen molar-refractivity contribution in [3.8, 4) is 22.4 Å². The number of nitrogens with one attached hydrogen (secondary N) is 2. The van der Waals surface area contributed by atoms with E-state index in [2.05, 4.69) is 72.5 Å². The normalized spacial score (nSPS) is 23.6. The van der Waals surface area contributed by atoms with Crippen molar-refractivity contribution in [1.82, 2.24) is 25.3 Å². The van der Waals surface area contributed by atoms with Gasteiger partial charge in [-0.05, 0) is 106 Å². The molecule has 3 aliphatic rings. The number of benzene rings is 2. The Morgan fingerprint density at radius 2 is 1.93 bits per heavy atom. The lowest BCUT2D eigenvalue weighted by molar-refractivity contribution is -0.139. The average molecular weight is 738 g/mol. The molecule has 3 aliphatic heterocycles. The third-order valence-corrected chi connectivity index (χ3v) is 10.7. The Balaban J connectivity index is 1.36. The van der Waals surface area contributed by atoms with Crippen LogP contribution in [-0.4, -0.2) is 76.9 Å². The predicted molar refractivity (Wildman–Crippen MR) is 209 cm³/mol. The van der Waals surface area contributed by atoms with Crippen LogP contribution in [0, 0.1) is 5.41 Å². The molecule has 11 heteroatoms. The van der Waals surface area contributed by atoms with Crippen molar-refractivity contribution in [2.24, 2.45) is 5.41 Å². The second-order valence-corrected chi connectivity index (χ2v) is 16.7. The van der Waals surface area contributed by atoms with E-state index in [-0.39, 0.29) is 35.9 Å². The SMILES string of the molecule is CCn1c(-c2cccnc2[C@H](C)OC)c2c3cc(ccc31)-c1cccc(c1)C[C@H](NC(=O)OC(C)(C)C)C(=O)N1CCC[C@H](N1)C1OC1OCC(C)(C)C2. The standard InChI is InChI=1S/C43H55N5O6/c1-9-47-35-18-17-29-23-31(35)32(37(47)30-15-11-19-44-36(30)26(2)51-8)24-43(6,7)25-52-40-38(53-40)33-16-12-20-48(46-33)39(49)34(45-41(50)54-42(3,4)5)22-27-13-10-14-28(29)21-27/h10-11,13-15,17-19,21,23,26,33-34,38,40,46H,9,12,16,20,22,24-25H2,1-8H3,(H,45,50)/t26-,33-,34-,38?,40?/m0/s1. The molecule has 11 nitrogen and oxygen atoms in total. The molecule has 0 spiro atoms. The molecule has 0 radical (unpaired) electrons. The fourth-order valence-corrected chi connectivity index (χ4v) is 8.00. The molecule has 288 valence electrons. The summed E-state index contributed by atoms with van der Waals surface area (Å²) in [6.45, 7) is 15.9. The third-order valence-electron chi connectivity index (χ3n) is 10.7. The van der Waals surface area contributed by atoms with Gasteiger partial charge in [-0.3, -0.25) is 14.8 Å². The quantitative estimate of drug-likeness (QED) is 0.204. The van der Waals surface area contributed by atoms with Crippen LogP contribution in [-0.2, 0) is 43.1 Å². The number of nitrogens with zero attached hydrogens (tertiary/aromatic N) is 3. The number of fused-ring (bicyclic) bond motifs is 8. The molecule has 5 heterocycles. The van der Waals surface area contributed by atoms with Crippen LogP contribution in [0.1, 0.15) is 84.2 Å². The molecule has 2 amide bonds. The van der Waals surface area contributed by atoms with E-state index >= 15 is 0 Å². The molecule has 2 N–H and O–H groups in total. The lowest BCUT2D eigenvalue weighted by atomic mass is 9.84. The van der Waals surface area contributed by atoms with Crippen molar-refractivity contribution < 1.29 is 28.5 Å². The zero-order valence-electron chi connectivity index (χ0n) is 32.9. The van der Waals surface area contributed by atoms with Gasteiger partial charge in [0.25, 0.3) is 5.91 Å². The molecule has 2 aromatic heterocycles. The van der Waals surface area contributed by atoms with E-state index in [9.17, 15) is 9.59 Å². The van der Waals surface area contributed by atoms with Gasteiger partial charge >= 0.3 is 6.09 Å². The molecule has 0 aliphatic carbocycles. The number of hydrogen-bond acceptors (Lipinski definition) is 8. The van der Waals surface area contributed by atoms with Gasteiger partial charge in [-0.25, -0.2) is 10.2 Å². The van der Waals surface area contributed by atoms with E-state index < -0.39 is 17.7 Å². The lowest BCUT2D eigenvalue weighted by Gasteiger charge is -2.35. The van der Waals surface area contributed by atoms with Gasteiger partial charge in [-0.2, -0.15) is 0 Å². The first-order valence-corrected chi connectivity index (χ1v) is 19.3. The minimum atomic E-state index is -0.852. The maximum absolute atomic E-state index is 14.2. The number of ether oxygens (including phenoxy) is 4. The first-order chi connectivity index (χ1) is 25.7. The van der Waals surface area contributed by atoms with Gasteiger partial charge in [0.1, 0.15) is 17.7 Å². The second-order valence-electron chi connectivity index (χ2n) is 16.7. The predicted octanol–water partition coefficient (Wildman–Crippen LogP) is 7.35. The van der Waals surface area contributed by atoms with Gasteiger partial charge in [0, 0.05) is 49.3 Å². The van der Waals surface area contributed by atoms with Crippen molar-refractivity contribution in [2.75, 3.05) is 20.3 Å². The molecule has 6 bridgehead atoms. The smallest absolute Gasteiger partial charge is 0.408 e. The Hall–Kier alpha value is -4.29. The molecule has 2 unspecified atom stereocenters. The second kappa shape index (κ2) is 15.1. The van der Waals surface area contributed by atoms with Crippen LogP contribution < -0.4 is 10.7 Å². The molecule has 4 aromatic rings. The van der Waals surface area contributed by atoms with Crippen molar-refractivity contribution in [2.45, 2.75) is 117 Å². The average Bonchev–Trinajstić information content (AvgIpc) is 3.87. The zero-order chi connectivity index (χ0) is 38.4. The number of carbonyl (C=O) groups excluding carboxylic acids is 2. The molecular formula is C43H55N5O6. The molecule has 2 fully saturated rings. The van der Waals surface area contributed by atoms with Crippen LogP contribution in [0.15, 0.2) is 60.8 Å². The summed E-state index contributed by atoms with van der Waals surface area (Å²) in [6.07, 6.45) is 3.16. The highest BCUT2D eigenvalue weighted by molar-refractivity contribution is 5.95. The van der Waals surface area contributed by atoms with Crippen LogP contribution in [0.4, 0.5) is 4.79 Å². The van der Waals surface area contributed by atoms with E-state index in [4.69, 9.17) is 23.9 Å². The number of pyridine rings is 1. The van der Waals surface area contributed by atoms with Gasteiger partial charge in [0.2, 0.25) is 0 Å². The van der Waals surface area contributed by atoms with Gasteiger partial charge in [-0.15, -0.1) is 0 Å². The van der Waals surface area contributed by atoms with E-state index in [0.717, 1.165) is 65.0 Å². The summed E-state index contributed by atoms with van der Waals surface area (Å²) in [5, 5.41) is 5.71. The van der Waals surface area contributed by atoms with Crippen molar-refractivity contribution in [3.63, 3.8) is 0 Å². The minimum absolute atomic E-state index is 0.0959. The van der Waals surface area contributed by atoms with Gasteiger partial charge < -0.3 is 28.8 Å². The Kier molecular flexibility index (Phi) is 10.6. The van der Waals surface area contributed by atoms with Crippen molar-refractivity contribution in [1.29, 1.82) is 0 Å². The summed E-state index contributed by atoms with van der Waals surface area (Å²) in [5.41, 5.74) is 11.0. The maximum atomic E-state index is 14.2. The largest absolute Gasteiger partial charge is 0.444 e. The van der Waals surface area contributed by atoms with Crippen molar-refractivity contribution >= 4 is 22.9 Å². The van der Waals surface area contributed by atoms with E-state index in [1.807, 2.05) is 52.1 Å². The monoisotopic (exact) mass is 737 g/mol. The molecule has 7 rings (SSSR count). The molecular weight excluding hydrogens is 683 g/mol. The Bertz CT molecular complexity index is 2020. The van der Waals surface area contributed by atoms with Crippen molar-refractivity contribution in [3.05, 3.63) is 77.6 Å². The summed E-state index contributed by atoms with van der Waals surface area (Å²) in [5.74, 6) is -0.217. The molecule has 54 heavy (non-hydrogen) atoms. The maximum Gasteiger partial charge on any atom is 0.408 e. The third kappa shape index (κ3) is 8.05. The number of carbonyl (C=O) groups is 2. The highest BCUT2D eigenvalue weighted by atomic mass is 16.8. The van der Waals surface area contributed by atoms with E-state index in [1.165, 1.54) is 10.9 Å². The summed E-state index contributed by atoms with van der Waals surface area (Å²) in [7, 11) is 1.72. The zero-order valence-corrected chi connectivity index (χ0v) is 32.9. The highest BCUT2D eigenvalue weighted by Crippen LogP contribution is 2.42. The summed E-state index contributed by atoms with van der Waals surface area (Å²) in [4.78, 5) is 32.1. The topological polar surface area (TPSA) is 119 Å². The summed E-state index contributed by atoms with van der Waals surface area (Å²) >= 11 is 0. The fraction of sp³-hybridized carbons (Fsp3) is 0.512. The number of hydrazine groups is 1. The molecule has 0 saturated carbocycles. The number of hydrogen-bond donors (Lipinski definition) is 2. The highest BCUT2D eigenvalue weighted by Gasteiger charge is 2.49. The number of epoxide rings is 1. The van der Waals surface area contributed by atoms with E-state index in [1.54, 1.807) is 12.1 Å². The summed E-state index contributed by atoms with van der Waals surface area (Å²) < 4.78 is 26.4. The number of alkyl carbamates (subject to hydrolysis) is 1. The van der Waals surface area contributed by atoms with Gasteiger partial charge in [0.15, 0.2) is 6.29 Å². The van der Waals surface area contributed by atoms with Crippen LogP contribution in [0.5, 0.6) is 0 Å². The number of aromatic nitrogens is 2. The number of methoxy groups -OCH3 is 1. The molecule has 5 atom stereocenters. The Morgan fingerprint density at radius 3 is 2.69 bits per heavy atom. The Morgan fingerprint density at radius 1 is 1.13 bits per heavy atom. The molecule has 2 saturated heterocycles. The minimum Gasteiger partial charge on any atom is -0.444 e. The van der Waals surface area contributed by atoms with Crippen LogP contribution in [0.3, 0.4) is 0 Å². The Labute approximate surface area is 318 Å². The lowest BCUT2D eigenvalue weighted by Crippen LogP contribution is -2.60. The number of aryl methyl sites for hydroxylation is 1. The first-order valence-electron chi connectivity index (χ1n) is 19.3. The molecule has 2 aromatic carbocycles. The summed E-state index contributed by atoms with van der Waals surface area (Å²) in [6, 6.07) is 18.1.